The maximum Gasteiger partial charge on any atom is 0.337 e. The number of rotatable bonds is 8. The number of esters is 1. The maximum absolute atomic E-state index is 11.7. The van der Waals surface area contributed by atoms with E-state index in [-0.39, 0.29) is 5.97 Å². The van der Waals surface area contributed by atoms with Crippen LogP contribution in [0.1, 0.15) is 27.4 Å². The smallest absolute Gasteiger partial charge is 0.337 e. The summed E-state index contributed by atoms with van der Waals surface area (Å²) in [7, 11) is 1.39. The first-order valence-electron chi connectivity index (χ1n) is 10.2. The largest absolute Gasteiger partial charge is 0.487 e. The van der Waals surface area contributed by atoms with Gasteiger partial charge in [-0.2, -0.15) is 0 Å². The number of oxazole rings is 1. The van der Waals surface area contributed by atoms with Crippen LogP contribution in [0, 0.1) is 6.92 Å². The second kappa shape index (κ2) is 10.2. The normalized spacial score (nSPS) is 10.7. The molecule has 0 saturated heterocycles. The van der Waals surface area contributed by atoms with Gasteiger partial charge in [0.1, 0.15) is 23.8 Å². The number of aromatic nitrogens is 1. The fraction of sp³-hybridized carbons (Fsp3) is 0.154. The minimum Gasteiger partial charge on any atom is -0.487 e. The lowest BCUT2D eigenvalue weighted by molar-refractivity contribution is 0.0600. The van der Waals surface area contributed by atoms with Crippen molar-refractivity contribution in [1.82, 2.24) is 4.98 Å². The van der Waals surface area contributed by atoms with Crippen LogP contribution in [0.15, 0.2) is 88.2 Å². The van der Waals surface area contributed by atoms with Gasteiger partial charge in [-0.15, -0.1) is 11.8 Å². The molecule has 0 aliphatic heterocycles. The van der Waals surface area contributed by atoms with E-state index < -0.39 is 0 Å². The van der Waals surface area contributed by atoms with Gasteiger partial charge < -0.3 is 13.9 Å². The van der Waals surface area contributed by atoms with E-state index >= 15 is 0 Å². The Hall–Kier alpha value is -3.51. The number of nitrogens with zero attached hydrogens (tertiary/aromatic N) is 1. The molecule has 0 fully saturated rings. The Morgan fingerprint density at radius 2 is 1.81 bits per heavy atom. The summed E-state index contributed by atoms with van der Waals surface area (Å²) < 4.78 is 16.6. The molecule has 0 spiro atoms. The SMILES string of the molecule is COC(=O)c1cccc(SCc2cccc(OCc3nc(-c4ccccc4)oc3C)c2)c1. The summed E-state index contributed by atoms with van der Waals surface area (Å²) in [5.41, 5.74) is 3.39. The number of hydrogen-bond acceptors (Lipinski definition) is 6. The van der Waals surface area contributed by atoms with Crippen LogP contribution in [0.25, 0.3) is 11.5 Å². The van der Waals surface area contributed by atoms with Gasteiger partial charge in [-0.1, -0.05) is 36.4 Å². The number of methoxy groups -OCH3 is 1. The number of hydrogen-bond donors (Lipinski definition) is 0. The summed E-state index contributed by atoms with van der Waals surface area (Å²) in [6, 6.07) is 25.2. The summed E-state index contributed by atoms with van der Waals surface area (Å²) in [6.45, 7) is 2.23. The lowest BCUT2D eigenvalue weighted by Gasteiger charge is -2.08. The van der Waals surface area contributed by atoms with Crippen molar-refractivity contribution in [3.8, 4) is 17.2 Å². The zero-order valence-electron chi connectivity index (χ0n) is 17.9. The van der Waals surface area contributed by atoms with Gasteiger partial charge in [-0.25, -0.2) is 9.78 Å². The quantitative estimate of drug-likeness (QED) is 0.234. The Kier molecular flexibility index (Phi) is 6.92. The Morgan fingerprint density at radius 3 is 2.62 bits per heavy atom. The van der Waals surface area contributed by atoms with Gasteiger partial charge in [-0.05, 0) is 55.0 Å². The zero-order valence-corrected chi connectivity index (χ0v) is 18.7. The average molecular weight is 446 g/mol. The summed E-state index contributed by atoms with van der Waals surface area (Å²) in [4.78, 5) is 17.3. The molecular formula is C26H23NO4S. The van der Waals surface area contributed by atoms with Crippen LogP contribution in [-0.2, 0) is 17.1 Å². The molecule has 1 heterocycles. The molecule has 6 heteroatoms. The van der Waals surface area contributed by atoms with Crippen LogP contribution in [0.5, 0.6) is 5.75 Å². The molecule has 32 heavy (non-hydrogen) atoms. The van der Waals surface area contributed by atoms with E-state index in [0.717, 1.165) is 39.0 Å². The molecule has 4 rings (SSSR count). The topological polar surface area (TPSA) is 61.6 Å². The summed E-state index contributed by atoms with van der Waals surface area (Å²) in [6.07, 6.45) is 0. The third-order valence-electron chi connectivity index (χ3n) is 4.85. The molecule has 0 radical (unpaired) electrons. The van der Waals surface area contributed by atoms with Crippen molar-refractivity contribution in [3.05, 3.63) is 101 Å². The number of benzene rings is 3. The van der Waals surface area contributed by atoms with Crippen molar-refractivity contribution in [2.45, 2.75) is 24.2 Å². The minimum absolute atomic E-state index is 0.332. The Labute approximate surface area is 191 Å². The van der Waals surface area contributed by atoms with Crippen molar-refractivity contribution in [2.24, 2.45) is 0 Å². The van der Waals surface area contributed by atoms with E-state index in [1.807, 2.05) is 73.7 Å². The third-order valence-corrected chi connectivity index (χ3v) is 5.91. The predicted molar refractivity (Wildman–Crippen MR) is 125 cm³/mol. The lowest BCUT2D eigenvalue weighted by atomic mass is 10.2. The number of thioether (sulfide) groups is 1. The van der Waals surface area contributed by atoms with Crippen LogP contribution in [-0.4, -0.2) is 18.1 Å². The molecule has 4 aromatic rings. The lowest BCUT2D eigenvalue weighted by Crippen LogP contribution is -2.00. The van der Waals surface area contributed by atoms with E-state index in [2.05, 4.69) is 11.1 Å². The van der Waals surface area contributed by atoms with Crippen molar-refractivity contribution >= 4 is 17.7 Å². The highest BCUT2D eigenvalue weighted by Gasteiger charge is 2.12. The minimum atomic E-state index is -0.332. The van der Waals surface area contributed by atoms with Gasteiger partial charge in [0.15, 0.2) is 0 Å². The molecule has 0 bridgehead atoms. The van der Waals surface area contributed by atoms with Crippen molar-refractivity contribution in [1.29, 1.82) is 0 Å². The number of carbonyl (C=O) groups is 1. The van der Waals surface area contributed by atoms with Crippen LogP contribution in [0.3, 0.4) is 0 Å². The summed E-state index contributed by atoms with van der Waals surface area (Å²) in [5, 5.41) is 0. The van der Waals surface area contributed by atoms with E-state index in [4.69, 9.17) is 13.9 Å². The van der Waals surface area contributed by atoms with Gasteiger partial charge in [-0.3, -0.25) is 0 Å². The summed E-state index contributed by atoms with van der Waals surface area (Å²) >= 11 is 1.65. The first kappa shape index (κ1) is 21.7. The monoisotopic (exact) mass is 445 g/mol. The fourth-order valence-electron chi connectivity index (χ4n) is 3.14. The van der Waals surface area contributed by atoms with Gasteiger partial charge in [0, 0.05) is 16.2 Å². The molecule has 3 aromatic carbocycles. The zero-order chi connectivity index (χ0) is 22.3. The van der Waals surface area contributed by atoms with E-state index in [1.165, 1.54) is 7.11 Å². The van der Waals surface area contributed by atoms with Crippen LogP contribution < -0.4 is 4.74 Å². The van der Waals surface area contributed by atoms with Crippen LogP contribution in [0.2, 0.25) is 0 Å². The first-order valence-corrected chi connectivity index (χ1v) is 11.2. The molecule has 0 N–H and O–H groups in total. The highest BCUT2D eigenvalue weighted by atomic mass is 32.2. The van der Waals surface area contributed by atoms with Crippen molar-refractivity contribution < 1.29 is 18.7 Å². The number of ether oxygens (including phenoxy) is 2. The molecule has 0 saturated carbocycles. The maximum atomic E-state index is 11.7. The molecule has 0 amide bonds. The Bertz CT molecular complexity index is 1200. The molecular weight excluding hydrogens is 422 g/mol. The molecule has 0 aliphatic rings. The molecule has 162 valence electrons. The highest BCUT2D eigenvalue weighted by Crippen LogP contribution is 2.27. The molecule has 1 aromatic heterocycles. The standard InChI is InChI=1S/C26H23NO4S/c1-18-24(27-25(31-18)20-9-4-3-5-10-20)16-30-22-12-6-8-19(14-22)17-32-23-13-7-11-21(15-23)26(28)29-2/h3-15H,16-17H2,1-2H3. The highest BCUT2D eigenvalue weighted by molar-refractivity contribution is 7.98. The Balaban J connectivity index is 1.38. The fourth-order valence-corrected chi connectivity index (χ4v) is 4.04. The van der Waals surface area contributed by atoms with E-state index in [9.17, 15) is 4.79 Å². The number of aryl methyl sites for hydroxylation is 1. The van der Waals surface area contributed by atoms with Gasteiger partial charge in [0.05, 0.1) is 12.7 Å². The van der Waals surface area contributed by atoms with Crippen molar-refractivity contribution in [2.75, 3.05) is 7.11 Å². The number of carbonyl (C=O) groups excluding carboxylic acids is 1. The Morgan fingerprint density at radius 1 is 1.00 bits per heavy atom. The predicted octanol–water partition coefficient (Wildman–Crippen LogP) is 6.31. The van der Waals surface area contributed by atoms with E-state index in [0.29, 0.717) is 18.1 Å². The molecule has 0 unspecified atom stereocenters. The average Bonchev–Trinajstić information content (AvgIpc) is 3.22. The van der Waals surface area contributed by atoms with Crippen LogP contribution in [0.4, 0.5) is 0 Å². The third kappa shape index (κ3) is 5.39. The molecule has 0 aliphatic carbocycles. The second-order valence-electron chi connectivity index (χ2n) is 7.13. The molecule has 0 atom stereocenters. The van der Waals surface area contributed by atoms with Gasteiger partial charge in [0.25, 0.3) is 0 Å². The summed E-state index contributed by atoms with van der Waals surface area (Å²) in [5.74, 6) is 2.54. The van der Waals surface area contributed by atoms with Crippen LogP contribution >= 0.6 is 11.8 Å². The van der Waals surface area contributed by atoms with Crippen molar-refractivity contribution in [3.63, 3.8) is 0 Å². The van der Waals surface area contributed by atoms with Gasteiger partial charge in [0.2, 0.25) is 5.89 Å². The second-order valence-corrected chi connectivity index (χ2v) is 8.18. The molecule has 5 nitrogen and oxygen atoms in total. The first-order chi connectivity index (χ1) is 15.6. The van der Waals surface area contributed by atoms with E-state index in [1.54, 1.807) is 17.8 Å². The van der Waals surface area contributed by atoms with Gasteiger partial charge >= 0.3 is 5.97 Å².